The van der Waals surface area contributed by atoms with Gasteiger partial charge in [-0.25, -0.2) is 13.4 Å². The molecule has 0 aliphatic rings. The number of alkyl halides is 3. The molecule has 2 aromatic heterocycles. The molecular formula is C9H5ClF3N3O2S2. The lowest BCUT2D eigenvalue weighted by Crippen LogP contribution is -2.15. The highest BCUT2D eigenvalue weighted by Crippen LogP contribution is 2.29. The van der Waals surface area contributed by atoms with Gasteiger partial charge in [-0.3, -0.25) is 9.71 Å². The van der Waals surface area contributed by atoms with Gasteiger partial charge in [0.1, 0.15) is 4.21 Å². The fraction of sp³-hybridized carbons (Fsp3) is 0.111. The van der Waals surface area contributed by atoms with Crippen LogP contribution in [0.15, 0.2) is 28.7 Å². The van der Waals surface area contributed by atoms with Crippen LogP contribution in [0, 0.1) is 0 Å². The number of nitrogens with zero attached hydrogens (tertiary/aromatic N) is 2. The summed E-state index contributed by atoms with van der Waals surface area (Å²) < 4.78 is 63.0. The van der Waals surface area contributed by atoms with Gasteiger partial charge in [0.15, 0.2) is 11.5 Å². The number of thiophene rings is 1. The molecule has 0 unspecified atom stereocenters. The minimum atomic E-state index is -4.71. The van der Waals surface area contributed by atoms with Gasteiger partial charge in [-0.05, 0) is 12.1 Å². The lowest BCUT2D eigenvalue weighted by Gasteiger charge is -2.08. The molecule has 1 N–H and O–H groups in total. The molecule has 20 heavy (non-hydrogen) atoms. The van der Waals surface area contributed by atoms with Crippen molar-refractivity contribution < 1.29 is 21.6 Å². The molecule has 0 spiro atoms. The summed E-state index contributed by atoms with van der Waals surface area (Å²) in [5.74, 6) is -0.524. The van der Waals surface area contributed by atoms with E-state index in [0.717, 1.165) is 17.5 Å². The van der Waals surface area contributed by atoms with E-state index in [9.17, 15) is 21.6 Å². The molecule has 108 valence electrons. The molecule has 0 atom stereocenters. The number of hydrogen-bond donors (Lipinski definition) is 1. The predicted octanol–water partition coefficient (Wildman–Crippen LogP) is 3.01. The van der Waals surface area contributed by atoms with E-state index >= 15 is 0 Å². The van der Waals surface area contributed by atoms with Crippen molar-refractivity contribution in [3.05, 3.63) is 34.6 Å². The second-order valence-electron chi connectivity index (χ2n) is 3.45. The first-order chi connectivity index (χ1) is 9.18. The average Bonchev–Trinajstić information content (AvgIpc) is 2.75. The van der Waals surface area contributed by atoms with Gasteiger partial charge in [0.25, 0.3) is 10.0 Å². The van der Waals surface area contributed by atoms with Crippen molar-refractivity contribution in [2.45, 2.75) is 10.4 Å². The van der Waals surface area contributed by atoms with Gasteiger partial charge in [-0.1, -0.05) is 11.6 Å². The molecule has 0 amide bonds. The summed E-state index contributed by atoms with van der Waals surface area (Å²) >= 11 is 6.37. The third-order valence-electron chi connectivity index (χ3n) is 1.98. The fourth-order valence-corrected chi connectivity index (χ4v) is 3.65. The highest BCUT2D eigenvalue weighted by molar-refractivity contribution is 7.94. The van der Waals surface area contributed by atoms with E-state index in [1.165, 1.54) is 12.1 Å². The number of aromatic nitrogens is 2. The molecule has 2 aromatic rings. The van der Waals surface area contributed by atoms with Crippen LogP contribution in [0.25, 0.3) is 0 Å². The van der Waals surface area contributed by atoms with Gasteiger partial charge in [-0.2, -0.15) is 13.2 Å². The molecule has 5 nitrogen and oxygen atoms in total. The van der Waals surface area contributed by atoms with E-state index in [0.29, 0.717) is 6.20 Å². The lowest BCUT2D eigenvalue weighted by molar-refractivity contribution is -0.141. The molecule has 0 bridgehead atoms. The fourth-order valence-electron chi connectivity index (χ4n) is 1.18. The summed E-state index contributed by atoms with van der Waals surface area (Å²) in [5, 5.41) is 0. The first-order valence-corrected chi connectivity index (χ1v) is 7.54. The number of nitrogens with one attached hydrogen (secondary N) is 1. The van der Waals surface area contributed by atoms with E-state index in [4.69, 9.17) is 11.6 Å². The average molecular weight is 344 g/mol. The number of rotatable bonds is 3. The third kappa shape index (κ3) is 3.38. The highest BCUT2D eigenvalue weighted by atomic mass is 35.5. The minimum absolute atomic E-state index is 0.137. The van der Waals surface area contributed by atoms with Crippen molar-refractivity contribution in [2.24, 2.45) is 0 Å². The number of anilines is 1. The summed E-state index contributed by atoms with van der Waals surface area (Å²) in [5.41, 5.74) is -1.29. The number of halogens is 4. The maximum atomic E-state index is 12.4. The molecule has 2 heterocycles. The van der Waals surface area contributed by atoms with Crippen molar-refractivity contribution in [3.8, 4) is 0 Å². The van der Waals surface area contributed by atoms with E-state index in [2.05, 4.69) is 9.97 Å². The van der Waals surface area contributed by atoms with Crippen LogP contribution in [0.1, 0.15) is 5.69 Å². The Balaban J connectivity index is 2.31. The van der Waals surface area contributed by atoms with Crippen molar-refractivity contribution >= 4 is 38.8 Å². The van der Waals surface area contributed by atoms with Crippen LogP contribution >= 0.6 is 22.9 Å². The summed E-state index contributed by atoms with van der Waals surface area (Å²) in [6.45, 7) is 0. The molecular weight excluding hydrogens is 339 g/mol. The van der Waals surface area contributed by atoms with Crippen LogP contribution in [-0.2, 0) is 16.2 Å². The number of sulfonamides is 1. The summed E-state index contributed by atoms with van der Waals surface area (Å²) in [6.07, 6.45) is -3.33. The maximum absolute atomic E-state index is 12.4. The van der Waals surface area contributed by atoms with Crippen LogP contribution in [0.3, 0.4) is 0 Å². The van der Waals surface area contributed by atoms with E-state index in [1.54, 1.807) is 0 Å². The molecule has 0 aliphatic carbocycles. The Morgan fingerprint density at radius 1 is 1.25 bits per heavy atom. The van der Waals surface area contributed by atoms with E-state index < -0.39 is 27.7 Å². The Kier molecular flexibility index (Phi) is 3.89. The van der Waals surface area contributed by atoms with Crippen molar-refractivity contribution in [1.29, 1.82) is 0 Å². The van der Waals surface area contributed by atoms with Crippen LogP contribution in [0.2, 0.25) is 4.34 Å². The SMILES string of the molecule is O=S(=O)(Nc1cncc(C(F)(F)F)n1)c1ccc(Cl)s1. The smallest absolute Gasteiger partial charge is 0.261 e. The van der Waals surface area contributed by atoms with Gasteiger partial charge in [0.2, 0.25) is 0 Å². The van der Waals surface area contributed by atoms with Crippen LogP contribution in [-0.4, -0.2) is 18.4 Å². The van der Waals surface area contributed by atoms with Gasteiger partial charge < -0.3 is 0 Å². The Labute approximate surface area is 120 Å². The molecule has 0 radical (unpaired) electrons. The Morgan fingerprint density at radius 3 is 2.50 bits per heavy atom. The lowest BCUT2D eigenvalue weighted by atomic mass is 10.4. The molecule has 0 saturated carbocycles. The third-order valence-corrected chi connectivity index (χ3v) is 5.06. The van der Waals surface area contributed by atoms with Crippen molar-refractivity contribution in [1.82, 2.24) is 9.97 Å². The molecule has 0 fully saturated rings. The topological polar surface area (TPSA) is 72.0 Å². The summed E-state index contributed by atoms with van der Waals surface area (Å²) in [7, 11) is -4.04. The minimum Gasteiger partial charge on any atom is -0.261 e. The summed E-state index contributed by atoms with van der Waals surface area (Å²) in [6, 6.07) is 2.59. The summed E-state index contributed by atoms with van der Waals surface area (Å²) in [4.78, 5) is 6.46. The van der Waals surface area contributed by atoms with Gasteiger partial charge in [0, 0.05) is 0 Å². The van der Waals surface area contributed by atoms with Crippen LogP contribution in [0.5, 0.6) is 0 Å². The van der Waals surface area contributed by atoms with Crippen LogP contribution in [0.4, 0.5) is 19.0 Å². The van der Waals surface area contributed by atoms with E-state index in [1.807, 2.05) is 4.72 Å². The predicted molar refractivity (Wildman–Crippen MR) is 67.2 cm³/mol. The zero-order valence-corrected chi connectivity index (χ0v) is 11.7. The monoisotopic (exact) mass is 343 g/mol. The van der Waals surface area contributed by atoms with E-state index in [-0.39, 0.29) is 8.55 Å². The zero-order chi connectivity index (χ0) is 15.0. The normalized spacial score (nSPS) is 12.4. The van der Waals surface area contributed by atoms with Crippen LogP contribution < -0.4 is 4.72 Å². The molecule has 0 saturated heterocycles. The highest BCUT2D eigenvalue weighted by Gasteiger charge is 2.33. The second-order valence-corrected chi connectivity index (χ2v) is 7.08. The van der Waals surface area contributed by atoms with Crippen molar-refractivity contribution in [3.63, 3.8) is 0 Å². The quantitative estimate of drug-likeness (QED) is 0.929. The second kappa shape index (κ2) is 5.19. The molecule has 11 heteroatoms. The van der Waals surface area contributed by atoms with Crippen molar-refractivity contribution in [2.75, 3.05) is 4.72 Å². The molecule has 2 rings (SSSR count). The first-order valence-electron chi connectivity index (χ1n) is 4.86. The largest absolute Gasteiger partial charge is 0.434 e. The maximum Gasteiger partial charge on any atom is 0.434 e. The molecule has 0 aliphatic heterocycles. The Morgan fingerprint density at radius 2 is 1.95 bits per heavy atom. The Hall–Kier alpha value is -1.39. The van der Waals surface area contributed by atoms with Gasteiger partial charge in [-0.15, -0.1) is 11.3 Å². The molecule has 0 aromatic carbocycles. The Bertz CT molecular complexity index is 730. The van der Waals surface area contributed by atoms with Gasteiger partial charge >= 0.3 is 6.18 Å². The number of hydrogen-bond acceptors (Lipinski definition) is 5. The standard InChI is InChI=1S/C9H5ClF3N3O2S2/c10-6-1-2-8(19-6)20(17,18)16-7-4-14-3-5(15-7)9(11,12)13/h1-4H,(H,15,16). The first kappa shape index (κ1) is 15.0. The zero-order valence-electron chi connectivity index (χ0n) is 9.35. The van der Waals surface area contributed by atoms with Gasteiger partial charge in [0.05, 0.1) is 16.7 Å².